The highest BCUT2D eigenvalue weighted by atomic mass is 14.7. The van der Waals surface area contributed by atoms with Gasteiger partial charge in [-0.15, -0.1) is 0 Å². The van der Waals surface area contributed by atoms with Crippen LogP contribution in [0.1, 0.15) is 36.3 Å². The topological polar surface area (TPSA) is 49.9 Å². The Morgan fingerprint density at radius 3 is 3.00 bits per heavy atom. The van der Waals surface area contributed by atoms with Crippen LogP contribution in [0.5, 0.6) is 0 Å². The van der Waals surface area contributed by atoms with E-state index in [1.165, 1.54) is 30.4 Å². The van der Waals surface area contributed by atoms with Crippen molar-refractivity contribution in [2.45, 2.75) is 31.6 Å². The second-order valence-corrected chi connectivity index (χ2v) is 4.02. The second-order valence-electron chi connectivity index (χ2n) is 4.02. The second kappa shape index (κ2) is 3.82. The number of nitrogens with two attached hydrogens (primary N) is 1. The van der Waals surface area contributed by atoms with Crippen LogP contribution in [0.3, 0.4) is 0 Å². The monoisotopic (exact) mass is 188 g/mol. The number of hydrogen-bond acceptors (Lipinski definition) is 1. The van der Waals surface area contributed by atoms with E-state index in [9.17, 15) is 0 Å². The van der Waals surface area contributed by atoms with Crippen LogP contribution in [0.25, 0.3) is 0 Å². The number of fused-ring (bicyclic) bond motifs is 1. The lowest BCUT2D eigenvalue weighted by molar-refractivity contribution is 0.565. The summed E-state index contributed by atoms with van der Waals surface area (Å²) in [5, 5.41) is 7.35. The molecule has 0 aromatic heterocycles. The first-order chi connectivity index (χ1) is 6.77. The lowest BCUT2D eigenvalue weighted by Crippen LogP contribution is -2.18. The summed E-state index contributed by atoms with van der Waals surface area (Å²) < 4.78 is 0. The summed E-state index contributed by atoms with van der Waals surface area (Å²) in [7, 11) is 0. The number of rotatable bonds is 2. The van der Waals surface area contributed by atoms with Crippen molar-refractivity contribution in [2.75, 3.05) is 0 Å². The summed E-state index contributed by atoms with van der Waals surface area (Å²) in [6.07, 6.45) is 4.31. The average Bonchev–Trinajstić information content (AvgIpc) is 2.18. The van der Waals surface area contributed by atoms with E-state index in [1.54, 1.807) is 0 Å². The van der Waals surface area contributed by atoms with Gasteiger partial charge in [0.1, 0.15) is 0 Å². The molecular formula is C12H16N2. The minimum absolute atomic E-state index is 0.312. The largest absolute Gasteiger partial charge is 0.388 e. The Balaban J connectivity index is 2.26. The zero-order chi connectivity index (χ0) is 9.97. The van der Waals surface area contributed by atoms with Crippen LogP contribution in [0.2, 0.25) is 0 Å². The lowest BCUT2D eigenvalue weighted by atomic mass is 9.81. The fourth-order valence-electron chi connectivity index (χ4n) is 2.33. The third-order valence-corrected chi connectivity index (χ3v) is 2.96. The summed E-state index contributed by atoms with van der Waals surface area (Å²) in [5.41, 5.74) is 8.32. The van der Waals surface area contributed by atoms with Crippen molar-refractivity contribution in [1.29, 1.82) is 5.41 Å². The van der Waals surface area contributed by atoms with Gasteiger partial charge in [-0.1, -0.05) is 24.3 Å². The summed E-state index contributed by atoms with van der Waals surface area (Å²) in [5.74, 6) is 0.796. The zero-order valence-electron chi connectivity index (χ0n) is 8.29. The molecule has 1 aromatic rings. The first kappa shape index (κ1) is 9.25. The Labute approximate surface area is 84.6 Å². The summed E-state index contributed by atoms with van der Waals surface area (Å²) >= 11 is 0. The van der Waals surface area contributed by atoms with Gasteiger partial charge >= 0.3 is 0 Å². The maximum atomic E-state index is 7.35. The van der Waals surface area contributed by atoms with Crippen LogP contribution in [-0.4, -0.2) is 5.84 Å². The van der Waals surface area contributed by atoms with Crippen LogP contribution in [0.4, 0.5) is 0 Å². The van der Waals surface area contributed by atoms with E-state index in [0.29, 0.717) is 11.8 Å². The van der Waals surface area contributed by atoms with Gasteiger partial charge < -0.3 is 5.73 Å². The maximum absolute atomic E-state index is 7.35. The molecule has 0 spiro atoms. The smallest absolute Gasteiger partial charge is 0.0911 e. The molecule has 0 fully saturated rings. The van der Waals surface area contributed by atoms with Crippen molar-refractivity contribution in [3.8, 4) is 0 Å². The quantitative estimate of drug-likeness (QED) is 0.543. The van der Waals surface area contributed by atoms with E-state index in [1.807, 2.05) is 0 Å². The van der Waals surface area contributed by atoms with E-state index in [2.05, 4.69) is 24.3 Å². The van der Waals surface area contributed by atoms with Gasteiger partial charge in [-0.2, -0.15) is 0 Å². The molecule has 0 radical (unpaired) electrons. The van der Waals surface area contributed by atoms with Crippen LogP contribution in [-0.2, 0) is 6.42 Å². The van der Waals surface area contributed by atoms with Gasteiger partial charge in [-0.3, -0.25) is 5.41 Å². The fourth-order valence-corrected chi connectivity index (χ4v) is 2.33. The first-order valence-corrected chi connectivity index (χ1v) is 5.18. The van der Waals surface area contributed by atoms with Gasteiger partial charge in [-0.25, -0.2) is 0 Å². The van der Waals surface area contributed by atoms with Crippen LogP contribution >= 0.6 is 0 Å². The summed E-state index contributed by atoms with van der Waals surface area (Å²) in [4.78, 5) is 0. The fraction of sp³-hybridized carbons (Fsp3) is 0.417. The van der Waals surface area contributed by atoms with Crippen LogP contribution < -0.4 is 5.73 Å². The van der Waals surface area contributed by atoms with Gasteiger partial charge in [-0.05, 0) is 36.3 Å². The molecule has 0 aliphatic heterocycles. The van der Waals surface area contributed by atoms with Crippen molar-refractivity contribution in [1.82, 2.24) is 0 Å². The highest BCUT2D eigenvalue weighted by molar-refractivity contribution is 5.77. The van der Waals surface area contributed by atoms with Gasteiger partial charge in [0, 0.05) is 6.42 Å². The first-order valence-electron chi connectivity index (χ1n) is 5.18. The zero-order valence-corrected chi connectivity index (χ0v) is 8.29. The molecule has 0 unspecified atom stereocenters. The molecule has 2 heteroatoms. The molecule has 1 atom stereocenters. The minimum Gasteiger partial charge on any atom is -0.388 e. The van der Waals surface area contributed by atoms with E-state index in [-0.39, 0.29) is 0 Å². The van der Waals surface area contributed by atoms with E-state index in [0.717, 1.165) is 6.42 Å². The van der Waals surface area contributed by atoms with Crippen LogP contribution in [0, 0.1) is 5.41 Å². The van der Waals surface area contributed by atoms with Crippen LogP contribution in [0.15, 0.2) is 24.3 Å². The third-order valence-electron chi connectivity index (χ3n) is 2.96. The summed E-state index contributed by atoms with van der Waals surface area (Å²) in [6.45, 7) is 0. The Hall–Kier alpha value is -1.31. The summed E-state index contributed by atoms with van der Waals surface area (Å²) in [6, 6.07) is 8.55. The Kier molecular flexibility index (Phi) is 2.53. The number of amidine groups is 1. The molecule has 0 heterocycles. The normalized spacial score (nSPS) is 20.1. The minimum atomic E-state index is 0.312. The highest BCUT2D eigenvalue weighted by Crippen LogP contribution is 2.33. The molecule has 74 valence electrons. The molecule has 3 N–H and O–H groups in total. The van der Waals surface area contributed by atoms with Crippen molar-refractivity contribution >= 4 is 5.84 Å². The molecule has 1 aliphatic rings. The van der Waals surface area contributed by atoms with Crippen molar-refractivity contribution in [2.24, 2.45) is 5.73 Å². The Morgan fingerprint density at radius 2 is 2.21 bits per heavy atom. The number of hydrogen-bond donors (Lipinski definition) is 2. The molecule has 0 saturated carbocycles. The number of nitrogens with one attached hydrogen (secondary N) is 1. The van der Waals surface area contributed by atoms with Gasteiger partial charge in [0.2, 0.25) is 0 Å². The van der Waals surface area contributed by atoms with E-state index < -0.39 is 0 Å². The van der Waals surface area contributed by atoms with Crippen molar-refractivity contribution < 1.29 is 0 Å². The standard InChI is InChI=1S/C12H16N2/c13-12(14)8-10-6-3-5-9-4-1-2-7-11(9)10/h1-2,4,7,10H,3,5-6,8H2,(H3,13,14)/t10-/m1/s1. The molecule has 2 rings (SSSR count). The predicted octanol–water partition coefficient (Wildman–Crippen LogP) is 2.43. The Morgan fingerprint density at radius 1 is 1.43 bits per heavy atom. The van der Waals surface area contributed by atoms with Crippen molar-refractivity contribution in [3.05, 3.63) is 35.4 Å². The molecular weight excluding hydrogens is 172 g/mol. The highest BCUT2D eigenvalue weighted by Gasteiger charge is 2.19. The van der Waals surface area contributed by atoms with Gasteiger partial charge in [0.05, 0.1) is 5.84 Å². The molecule has 1 aromatic carbocycles. The lowest BCUT2D eigenvalue weighted by Gasteiger charge is -2.24. The average molecular weight is 188 g/mol. The number of aryl methyl sites for hydroxylation is 1. The Bertz CT molecular complexity index is 344. The molecule has 14 heavy (non-hydrogen) atoms. The van der Waals surface area contributed by atoms with Gasteiger partial charge in [0.15, 0.2) is 0 Å². The third kappa shape index (κ3) is 1.79. The van der Waals surface area contributed by atoms with Gasteiger partial charge in [0.25, 0.3) is 0 Å². The SMILES string of the molecule is N=C(N)C[C@H]1CCCc2ccccc21. The predicted molar refractivity (Wildman–Crippen MR) is 58.7 cm³/mol. The number of benzene rings is 1. The molecule has 0 bridgehead atoms. The molecule has 2 nitrogen and oxygen atoms in total. The maximum Gasteiger partial charge on any atom is 0.0911 e. The van der Waals surface area contributed by atoms with E-state index in [4.69, 9.17) is 11.1 Å². The van der Waals surface area contributed by atoms with Crippen molar-refractivity contribution in [3.63, 3.8) is 0 Å². The molecule has 0 amide bonds. The molecule has 0 saturated heterocycles. The van der Waals surface area contributed by atoms with E-state index >= 15 is 0 Å². The molecule has 1 aliphatic carbocycles.